The summed E-state index contributed by atoms with van der Waals surface area (Å²) in [5.74, 6) is 0.0882. The van der Waals surface area contributed by atoms with Gasteiger partial charge in [-0.2, -0.15) is 0 Å². The summed E-state index contributed by atoms with van der Waals surface area (Å²) in [6.45, 7) is 9.07. The maximum absolute atomic E-state index is 11.3. The molecule has 0 saturated carbocycles. The molecule has 4 heteroatoms. The second-order valence-electron chi connectivity index (χ2n) is 5.72. The van der Waals surface area contributed by atoms with Crippen LogP contribution in [0.25, 0.3) is 0 Å². The Bertz CT molecular complexity index is 473. The largest absolute Gasteiger partial charge is 0.494 e. The van der Waals surface area contributed by atoms with E-state index in [9.17, 15) is 9.90 Å². The molecule has 0 aliphatic carbocycles. The van der Waals surface area contributed by atoms with Gasteiger partial charge in [-0.25, -0.2) is 0 Å². The molecule has 0 fully saturated rings. The minimum atomic E-state index is -0.838. The highest BCUT2D eigenvalue weighted by molar-refractivity contribution is 5.78. The molecule has 21 heavy (non-hydrogen) atoms. The van der Waals surface area contributed by atoms with Gasteiger partial charge in [0.2, 0.25) is 0 Å². The van der Waals surface area contributed by atoms with E-state index in [0.717, 1.165) is 18.6 Å². The maximum Gasteiger partial charge on any atom is 0.323 e. The number of benzene rings is 1. The summed E-state index contributed by atoms with van der Waals surface area (Å²) in [5.41, 5.74) is 1.64. The molecule has 1 rings (SSSR count). The van der Waals surface area contributed by atoms with Crippen LogP contribution < -0.4 is 10.1 Å². The molecule has 0 radical (unpaired) electrons. The van der Waals surface area contributed by atoms with Crippen molar-refractivity contribution in [2.24, 2.45) is 0 Å². The molecule has 4 nitrogen and oxygen atoms in total. The fourth-order valence-electron chi connectivity index (χ4n) is 2.24. The van der Waals surface area contributed by atoms with Gasteiger partial charge in [-0.15, -0.1) is 0 Å². The number of carboxylic acid groups (broad SMARTS) is 1. The molecule has 2 N–H and O–H groups in total. The molecule has 1 atom stereocenters. The van der Waals surface area contributed by atoms with Gasteiger partial charge in [0, 0.05) is 0 Å². The van der Waals surface area contributed by atoms with E-state index in [2.05, 4.69) is 25.2 Å². The van der Waals surface area contributed by atoms with E-state index in [1.807, 2.05) is 19.1 Å². The Morgan fingerprint density at radius 1 is 1.29 bits per heavy atom. The lowest BCUT2D eigenvalue weighted by Crippen LogP contribution is -2.49. The number of nitrogens with one attached hydrogen (secondary N) is 1. The summed E-state index contributed by atoms with van der Waals surface area (Å²) in [6, 6.07) is 6.06. The molecule has 0 bridgehead atoms. The van der Waals surface area contributed by atoms with Gasteiger partial charge in [-0.05, 0) is 69.8 Å². The van der Waals surface area contributed by atoms with Gasteiger partial charge < -0.3 is 15.2 Å². The summed E-state index contributed by atoms with van der Waals surface area (Å²) in [5, 5.41) is 12.3. The number of hydrogen-bond donors (Lipinski definition) is 2. The van der Waals surface area contributed by atoms with Crippen LogP contribution in [-0.2, 0) is 4.79 Å². The quantitative estimate of drug-likeness (QED) is 0.686. The van der Waals surface area contributed by atoms with E-state index in [0.29, 0.717) is 19.6 Å². The average molecular weight is 293 g/mol. The fraction of sp³-hybridized carbons (Fsp3) is 0.588. The molecule has 0 heterocycles. The molecular weight excluding hydrogens is 266 g/mol. The first-order chi connectivity index (χ1) is 9.89. The van der Waals surface area contributed by atoms with Gasteiger partial charge in [0.1, 0.15) is 11.3 Å². The summed E-state index contributed by atoms with van der Waals surface area (Å²) in [6.07, 6.45) is 2.27. The predicted molar refractivity (Wildman–Crippen MR) is 85.0 cm³/mol. The number of ether oxygens (including phenoxy) is 1. The van der Waals surface area contributed by atoms with Crippen molar-refractivity contribution in [3.8, 4) is 5.75 Å². The fourth-order valence-corrected chi connectivity index (χ4v) is 2.24. The number of hydrogen-bond acceptors (Lipinski definition) is 3. The van der Waals surface area contributed by atoms with Crippen molar-refractivity contribution in [2.45, 2.75) is 52.5 Å². The van der Waals surface area contributed by atoms with Crippen molar-refractivity contribution in [3.63, 3.8) is 0 Å². The third-order valence-corrected chi connectivity index (χ3v) is 3.86. The number of aryl methyl sites for hydroxylation is 2. The smallest absolute Gasteiger partial charge is 0.323 e. The van der Waals surface area contributed by atoms with Gasteiger partial charge in [-0.3, -0.25) is 4.79 Å². The summed E-state index contributed by atoms with van der Waals surface area (Å²) >= 11 is 0. The summed E-state index contributed by atoms with van der Waals surface area (Å²) < 4.78 is 5.71. The van der Waals surface area contributed by atoms with Crippen LogP contribution in [0.2, 0.25) is 0 Å². The standard InChI is InChI=1S/C17H27NO3/c1-5-18-17(4,16(19)20)10-6-7-11-21-15-9-8-13(2)14(3)12-15/h8-9,12,18H,5-7,10-11H2,1-4H3,(H,19,20). The van der Waals surface area contributed by atoms with Gasteiger partial charge in [0.25, 0.3) is 0 Å². The average Bonchev–Trinajstić information content (AvgIpc) is 2.42. The highest BCUT2D eigenvalue weighted by Gasteiger charge is 2.30. The monoisotopic (exact) mass is 293 g/mol. The van der Waals surface area contributed by atoms with E-state index in [-0.39, 0.29) is 0 Å². The lowest BCUT2D eigenvalue weighted by molar-refractivity contribution is -0.144. The number of rotatable bonds is 9. The SMILES string of the molecule is CCNC(C)(CCCCOc1ccc(C)c(C)c1)C(=O)O. The van der Waals surface area contributed by atoms with E-state index in [1.165, 1.54) is 11.1 Å². The van der Waals surface area contributed by atoms with Crippen molar-refractivity contribution in [3.05, 3.63) is 29.3 Å². The Morgan fingerprint density at radius 3 is 2.57 bits per heavy atom. The van der Waals surface area contributed by atoms with Crippen molar-refractivity contribution in [1.82, 2.24) is 5.32 Å². The number of likely N-dealkylation sites (N-methyl/N-ethyl adjacent to an activating group) is 1. The van der Waals surface area contributed by atoms with Gasteiger partial charge in [0.15, 0.2) is 0 Å². The second-order valence-corrected chi connectivity index (χ2v) is 5.72. The summed E-state index contributed by atoms with van der Waals surface area (Å²) in [7, 11) is 0. The van der Waals surface area contributed by atoms with Gasteiger partial charge in [-0.1, -0.05) is 13.0 Å². The topological polar surface area (TPSA) is 58.6 Å². The van der Waals surface area contributed by atoms with E-state index >= 15 is 0 Å². The van der Waals surface area contributed by atoms with Crippen LogP contribution in [0.3, 0.4) is 0 Å². The van der Waals surface area contributed by atoms with E-state index < -0.39 is 11.5 Å². The normalized spacial score (nSPS) is 13.7. The van der Waals surface area contributed by atoms with Crippen LogP contribution >= 0.6 is 0 Å². The molecule has 0 saturated heterocycles. The number of unbranched alkanes of at least 4 members (excludes halogenated alkanes) is 1. The number of carboxylic acids is 1. The highest BCUT2D eigenvalue weighted by Crippen LogP contribution is 2.18. The van der Waals surface area contributed by atoms with Crippen LogP contribution in [0.15, 0.2) is 18.2 Å². The zero-order valence-electron chi connectivity index (χ0n) is 13.5. The molecule has 1 aromatic rings. The van der Waals surface area contributed by atoms with Crippen molar-refractivity contribution in [2.75, 3.05) is 13.2 Å². The Morgan fingerprint density at radius 2 is 2.00 bits per heavy atom. The van der Waals surface area contributed by atoms with E-state index in [1.54, 1.807) is 6.92 Å². The molecule has 0 aromatic heterocycles. The molecule has 0 aliphatic heterocycles. The summed E-state index contributed by atoms with van der Waals surface area (Å²) in [4.78, 5) is 11.3. The Kier molecular flexibility index (Phi) is 6.69. The molecule has 1 unspecified atom stereocenters. The lowest BCUT2D eigenvalue weighted by atomic mass is 9.95. The molecule has 0 amide bonds. The first-order valence-corrected chi connectivity index (χ1v) is 7.57. The molecule has 118 valence electrons. The Balaban J connectivity index is 2.33. The zero-order chi connectivity index (χ0) is 15.9. The second kappa shape index (κ2) is 8.03. The Hall–Kier alpha value is -1.55. The van der Waals surface area contributed by atoms with Gasteiger partial charge >= 0.3 is 5.97 Å². The minimum Gasteiger partial charge on any atom is -0.494 e. The minimum absolute atomic E-state index is 0.604. The van der Waals surface area contributed by atoms with Crippen LogP contribution in [0.4, 0.5) is 0 Å². The molecule has 0 spiro atoms. The van der Waals surface area contributed by atoms with Crippen molar-refractivity contribution < 1.29 is 14.6 Å². The third kappa shape index (κ3) is 5.38. The van der Waals surface area contributed by atoms with Gasteiger partial charge in [0.05, 0.1) is 6.61 Å². The first kappa shape index (κ1) is 17.5. The van der Waals surface area contributed by atoms with Crippen molar-refractivity contribution >= 4 is 5.97 Å². The first-order valence-electron chi connectivity index (χ1n) is 7.57. The van der Waals surface area contributed by atoms with Crippen molar-refractivity contribution in [1.29, 1.82) is 0 Å². The van der Waals surface area contributed by atoms with Crippen LogP contribution in [0.1, 0.15) is 44.2 Å². The predicted octanol–water partition coefficient (Wildman–Crippen LogP) is 3.31. The zero-order valence-corrected chi connectivity index (χ0v) is 13.5. The molecular formula is C17H27NO3. The number of carbonyl (C=O) groups is 1. The van der Waals surface area contributed by atoms with Crippen LogP contribution in [0, 0.1) is 13.8 Å². The van der Waals surface area contributed by atoms with Crippen LogP contribution in [-0.4, -0.2) is 29.8 Å². The molecule has 1 aromatic carbocycles. The third-order valence-electron chi connectivity index (χ3n) is 3.86. The van der Waals surface area contributed by atoms with Crippen LogP contribution in [0.5, 0.6) is 5.75 Å². The number of aliphatic carboxylic acids is 1. The maximum atomic E-state index is 11.3. The highest BCUT2D eigenvalue weighted by atomic mass is 16.5. The lowest BCUT2D eigenvalue weighted by Gasteiger charge is -2.25. The molecule has 0 aliphatic rings. The Labute approximate surface area is 127 Å². The van der Waals surface area contributed by atoms with E-state index in [4.69, 9.17) is 4.74 Å².